The van der Waals surface area contributed by atoms with Crippen molar-refractivity contribution in [3.8, 4) is 5.69 Å². The van der Waals surface area contributed by atoms with E-state index in [9.17, 15) is 13.2 Å². The van der Waals surface area contributed by atoms with E-state index in [2.05, 4.69) is 14.4 Å². The summed E-state index contributed by atoms with van der Waals surface area (Å²) in [6.45, 7) is 0.991. The fraction of sp³-hybridized carbons (Fsp3) is 0.143. The standard InChI is InChI=1S/C21H18Cl2N4O3S/c22-18-14-24-27(21(28)20(18)23)16-6-8-17(9-7-16)31(29,30)25-11-3-12-26-13-10-15-4-1-2-5-19(15)26/h1-2,4-10,13-14,25H,3,11-12H2. The van der Waals surface area contributed by atoms with Crippen LogP contribution < -0.4 is 10.3 Å². The average Bonchev–Trinajstić information content (AvgIpc) is 3.18. The minimum atomic E-state index is -3.68. The van der Waals surface area contributed by atoms with E-state index in [1.54, 1.807) is 0 Å². The quantitative estimate of drug-likeness (QED) is 0.410. The number of sulfonamides is 1. The minimum absolute atomic E-state index is 0.0548. The molecule has 0 saturated carbocycles. The van der Waals surface area contributed by atoms with Crippen LogP contribution in [0.5, 0.6) is 0 Å². The number of fused-ring (bicyclic) bond motifs is 1. The van der Waals surface area contributed by atoms with E-state index in [1.807, 2.05) is 36.5 Å². The lowest BCUT2D eigenvalue weighted by Gasteiger charge is -2.10. The molecule has 0 fully saturated rings. The van der Waals surface area contributed by atoms with Gasteiger partial charge in [0.25, 0.3) is 5.56 Å². The fourth-order valence-corrected chi connectivity index (χ4v) is 4.57. The normalized spacial score (nSPS) is 11.8. The molecule has 4 aromatic rings. The van der Waals surface area contributed by atoms with Crippen LogP contribution in [0, 0.1) is 0 Å². The molecule has 0 amide bonds. The Hall–Kier alpha value is -2.65. The van der Waals surface area contributed by atoms with E-state index in [1.165, 1.54) is 30.5 Å². The molecule has 0 radical (unpaired) electrons. The first-order valence-electron chi connectivity index (χ1n) is 9.44. The molecule has 160 valence electrons. The van der Waals surface area contributed by atoms with Gasteiger partial charge in [0.05, 0.1) is 21.8 Å². The molecule has 4 rings (SSSR count). The van der Waals surface area contributed by atoms with E-state index >= 15 is 0 Å². The molecule has 10 heteroatoms. The second kappa shape index (κ2) is 8.84. The van der Waals surface area contributed by atoms with Crippen molar-refractivity contribution < 1.29 is 8.42 Å². The molecule has 1 N–H and O–H groups in total. The van der Waals surface area contributed by atoms with Crippen LogP contribution in [0.1, 0.15) is 6.42 Å². The summed E-state index contributed by atoms with van der Waals surface area (Å²) >= 11 is 11.6. The van der Waals surface area contributed by atoms with Crippen molar-refractivity contribution in [3.05, 3.63) is 87.4 Å². The van der Waals surface area contributed by atoms with Gasteiger partial charge in [-0.1, -0.05) is 41.4 Å². The zero-order chi connectivity index (χ0) is 22.0. The van der Waals surface area contributed by atoms with Gasteiger partial charge in [0.15, 0.2) is 0 Å². The van der Waals surface area contributed by atoms with Crippen molar-refractivity contribution in [3.63, 3.8) is 0 Å². The molecular weight excluding hydrogens is 459 g/mol. The lowest BCUT2D eigenvalue weighted by molar-refractivity contribution is 0.572. The smallest absolute Gasteiger partial charge is 0.291 e. The van der Waals surface area contributed by atoms with E-state index in [0.717, 1.165) is 15.6 Å². The van der Waals surface area contributed by atoms with E-state index < -0.39 is 15.6 Å². The third-order valence-electron chi connectivity index (χ3n) is 4.82. The zero-order valence-corrected chi connectivity index (χ0v) is 18.5. The van der Waals surface area contributed by atoms with Crippen LogP contribution in [0.4, 0.5) is 0 Å². The van der Waals surface area contributed by atoms with Gasteiger partial charge in [0.2, 0.25) is 10.0 Å². The number of halogens is 2. The fourth-order valence-electron chi connectivity index (χ4n) is 3.24. The topological polar surface area (TPSA) is 86.0 Å². The van der Waals surface area contributed by atoms with E-state index in [0.29, 0.717) is 25.2 Å². The number of hydrogen-bond acceptors (Lipinski definition) is 4. The summed E-state index contributed by atoms with van der Waals surface area (Å²) in [6, 6.07) is 15.9. The summed E-state index contributed by atoms with van der Waals surface area (Å²) in [6.07, 6.45) is 3.89. The molecule has 0 bridgehead atoms. The largest absolute Gasteiger partial charge is 0.347 e. The van der Waals surface area contributed by atoms with Crippen molar-refractivity contribution in [2.75, 3.05) is 6.54 Å². The molecule has 0 atom stereocenters. The van der Waals surface area contributed by atoms with Gasteiger partial charge in [-0.25, -0.2) is 13.1 Å². The number of aromatic nitrogens is 3. The summed E-state index contributed by atoms with van der Waals surface area (Å²) in [5.41, 5.74) is 0.912. The SMILES string of the molecule is O=c1c(Cl)c(Cl)cnn1-c1ccc(S(=O)(=O)NCCCn2ccc3ccccc32)cc1. The number of hydrogen-bond donors (Lipinski definition) is 1. The van der Waals surface area contributed by atoms with Crippen LogP contribution in [0.15, 0.2) is 76.7 Å². The first-order valence-corrected chi connectivity index (χ1v) is 11.7. The first kappa shape index (κ1) is 21.6. The van der Waals surface area contributed by atoms with Crippen LogP contribution in [0.2, 0.25) is 10.0 Å². The molecule has 2 aromatic carbocycles. The van der Waals surface area contributed by atoms with Crippen molar-refractivity contribution >= 4 is 44.1 Å². The van der Waals surface area contributed by atoms with Gasteiger partial charge in [-0.15, -0.1) is 0 Å². The molecule has 0 spiro atoms. The van der Waals surface area contributed by atoms with E-state index in [-0.39, 0.29) is 14.9 Å². The number of nitrogens with zero attached hydrogens (tertiary/aromatic N) is 3. The molecule has 0 saturated heterocycles. The summed E-state index contributed by atoms with van der Waals surface area (Å²) in [4.78, 5) is 12.3. The van der Waals surface area contributed by atoms with Crippen LogP contribution >= 0.6 is 23.2 Å². The number of para-hydroxylation sites is 1. The lowest BCUT2D eigenvalue weighted by Crippen LogP contribution is -2.26. The van der Waals surface area contributed by atoms with Crippen molar-refractivity contribution in [2.24, 2.45) is 0 Å². The second-order valence-corrected chi connectivity index (χ2v) is 9.39. The number of aryl methyl sites for hydroxylation is 1. The third kappa shape index (κ3) is 4.52. The zero-order valence-electron chi connectivity index (χ0n) is 16.2. The maximum Gasteiger partial charge on any atom is 0.291 e. The van der Waals surface area contributed by atoms with Crippen molar-refractivity contribution in [1.29, 1.82) is 0 Å². The molecule has 7 nitrogen and oxygen atoms in total. The van der Waals surface area contributed by atoms with Gasteiger partial charge in [-0.05, 0) is 48.2 Å². The monoisotopic (exact) mass is 476 g/mol. The summed E-state index contributed by atoms with van der Waals surface area (Å²) in [7, 11) is -3.68. The van der Waals surface area contributed by atoms with Crippen LogP contribution in [-0.2, 0) is 16.6 Å². The van der Waals surface area contributed by atoms with E-state index in [4.69, 9.17) is 23.2 Å². The van der Waals surface area contributed by atoms with Crippen molar-refractivity contribution in [2.45, 2.75) is 17.9 Å². The number of benzene rings is 2. The highest BCUT2D eigenvalue weighted by Crippen LogP contribution is 2.18. The molecule has 0 aliphatic rings. The van der Waals surface area contributed by atoms with Gasteiger partial charge in [-0.3, -0.25) is 4.79 Å². The molecule has 31 heavy (non-hydrogen) atoms. The minimum Gasteiger partial charge on any atom is -0.347 e. The predicted molar refractivity (Wildman–Crippen MR) is 122 cm³/mol. The Morgan fingerprint density at radius 3 is 2.52 bits per heavy atom. The summed E-state index contributed by atoms with van der Waals surface area (Å²) in [5, 5.41) is 4.99. The van der Waals surface area contributed by atoms with Gasteiger partial charge in [-0.2, -0.15) is 9.78 Å². The average molecular weight is 477 g/mol. The maximum absolute atomic E-state index is 12.6. The highest BCUT2D eigenvalue weighted by atomic mass is 35.5. The second-order valence-electron chi connectivity index (χ2n) is 6.84. The summed E-state index contributed by atoms with van der Waals surface area (Å²) < 4.78 is 30.9. The van der Waals surface area contributed by atoms with Crippen LogP contribution in [0.25, 0.3) is 16.6 Å². The van der Waals surface area contributed by atoms with Crippen molar-refractivity contribution in [1.82, 2.24) is 19.1 Å². The third-order valence-corrected chi connectivity index (χ3v) is 7.04. The molecule has 0 unspecified atom stereocenters. The Morgan fingerprint density at radius 1 is 1.00 bits per heavy atom. The van der Waals surface area contributed by atoms with Gasteiger partial charge in [0.1, 0.15) is 5.02 Å². The maximum atomic E-state index is 12.6. The molecule has 2 heterocycles. The Balaban J connectivity index is 1.41. The molecule has 2 aromatic heterocycles. The number of rotatable bonds is 7. The van der Waals surface area contributed by atoms with Gasteiger partial charge in [0, 0.05) is 24.8 Å². The molecule has 0 aliphatic carbocycles. The van der Waals surface area contributed by atoms with Gasteiger partial charge >= 0.3 is 0 Å². The Kier molecular flexibility index (Phi) is 6.15. The lowest BCUT2D eigenvalue weighted by atomic mass is 10.2. The van der Waals surface area contributed by atoms with Gasteiger partial charge < -0.3 is 4.57 Å². The Bertz CT molecular complexity index is 1400. The van der Waals surface area contributed by atoms with Crippen LogP contribution in [0.3, 0.4) is 0 Å². The first-order chi connectivity index (χ1) is 14.9. The van der Waals surface area contributed by atoms with Crippen LogP contribution in [-0.4, -0.2) is 29.3 Å². The molecular formula is C21H18Cl2N4O3S. The Labute approximate surface area is 188 Å². The Morgan fingerprint density at radius 2 is 1.74 bits per heavy atom. The molecule has 0 aliphatic heterocycles. The predicted octanol–water partition coefficient (Wildman–Crippen LogP) is 3.86. The number of nitrogens with one attached hydrogen (secondary N) is 1. The summed E-state index contributed by atoms with van der Waals surface area (Å²) in [5.74, 6) is 0. The highest BCUT2D eigenvalue weighted by Gasteiger charge is 2.15. The highest BCUT2D eigenvalue weighted by molar-refractivity contribution is 7.89.